The van der Waals surface area contributed by atoms with E-state index in [1.807, 2.05) is 17.7 Å². The van der Waals surface area contributed by atoms with E-state index in [9.17, 15) is 4.39 Å². The molecule has 0 aliphatic rings. The van der Waals surface area contributed by atoms with Crippen molar-refractivity contribution in [1.82, 2.24) is 20.3 Å². The molecule has 5 heteroatoms. The van der Waals surface area contributed by atoms with Crippen molar-refractivity contribution >= 4 is 0 Å². The van der Waals surface area contributed by atoms with Crippen LogP contribution in [0, 0.1) is 5.82 Å². The van der Waals surface area contributed by atoms with Crippen LogP contribution in [0.4, 0.5) is 4.39 Å². The molecule has 2 rings (SSSR count). The molecule has 1 aromatic heterocycles. The molecule has 0 saturated carbocycles. The molecule has 102 valence electrons. The van der Waals surface area contributed by atoms with E-state index in [1.54, 1.807) is 12.3 Å². The first-order valence-electron chi connectivity index (χ1n) is 6.64. The van der Waals surface area contributed by atoms with E-state index in [1.165, 1.54) is 6.07 Å². The highest BCUT2D eigenvalue weighted by molar-refractivity contribution is 5.59. The fourth-order valence-electron chi connectivity index (χ4n) is 1.99. The Bertz CT molecular complexity index is 536. The Hall–Kier alpha value is -1.75. The van der Waals surface area contributed by atoms with Gasteiger partial charge in [-0.1, -0.05) is 19.1 Å². The van der Waals surface area contributed by atoms with Crippen LogP contribution in [0.3, 0.4) is 0 Å². The molecule has 4 nitrogen and oxygen atoms in total. The monoisotopic (exact) mass is 262 g/mol. The standard InChI is InChI=1S/C14H19FN4/c1-3-7-19-14(10-17-18-19)11-5-6-13(15)12(8-11)9-16-4-2/h5-6,8,10,16H,3-4,7,9H2,1-2H3. The number of aryl methyl sites for hydroxylation is 1. The van der Waals surface area contributed by atoms with Crippen LogP contribution < -0.4 is 5.32 Å². The number of benzene rings is 1. The molecule has 0 unspecified atom stereocenters. The lowest BCUT2D eigenvalue weighted by molar-refractivity contribution is 0.582. The molecule has 0 saturated heterocycles. The Morgan fingerprint density at radius 1 is 1.32 bits per heavy atom. The smallest absolute Gasteiger partial charge is 0.127 e. The van der Waals surface area contributed by atoms with Gasteiger partial charge in [0, 0.05) is 24.2 Å². The third kappa shape index (κ3) is 3.17. The molecular formula is C14H19FN4. The predicted octanol–water partition coefficient (Wildman–Crippen LogP) is 2.60. The van der Waals surface area contributed by atoms with E-state index in [-0.39, 0.29) is 5.82 Å². The van der Waals surface area contributed by atoms with Gasteiger partial charge in [-0.3, -0.25) is 0 Å². The van der Waals surface area contributed by atoms with Crippen molar-refractivity contribution < 1.29 is 4.39 Å². The number of hydrogen-bond acceptors (Lipinski definition) is 3. The molecule has 1 N–H and O–H groups in total. The molecule has 19 heavy (non-hydrogen) atoms. The summed E-state index contributed by atoms with van der Waals surface area (Å²) < 4.78 is 15.6. The van der Waals surface area contributed by atoms with Gasteiger partial charge in [-0.2, -0.15) is 0 Å². The van der Waals surface area contributed by atoms with Gasteiger partial charge < -0.3 is 5.32 Å². The fourth-order valence-corrected chi connectivity index (χ4v) is 1.99. The van der Waals surface area contributed by atoms with Crippen LogP contribution in [0.15, 0.2) is 24.4 Å². The second kappa shape index (κ2) is 6.43. The highest BCUT2D eigenvalue weighted by atomic mass is 19.1. The van der Waals surface area contributed by atoms with E-state index in [0.29, 0.717) is 12.1 Å². The first-order valence-corrected chi connectivity index (χ1v) is 6.64. The minimum absolute atomic E-state index is 0.181. The number of nitrogens with zero attached hydrogens (tertiary/aromatic N) is 3. The van der Waals surface area contributed by atoms with Crippen molar-refractivity contribution in [3.05, 3.63) is 35.8 Å². The SMILES string of the molecule is CCCn1nncc1-c1ccc(F)c(CNCC)c1. The minimum atomic E-state index is -0.181. The van der Waals surface area contributed by atoms with Gasteiger partial charge in [0.05, 0.1) is 11.9 Å². The number of halogens is 1. The van der Waals surface area contributed by atoms with Gasteiger partial charge in [-0.25, -0.2) is 9.07 Å². The first-order chi connectivity index (χ1) is 9.26. The van der Waals surface area contributed by atoms with E-state index in [0.717, 1.165) is 30.8 Å². The molecule has 0 fully saturated rings. The van der Waals surface area contributed by atoms with Crippen molar-refractivity contribution in [2.75, 3.05) is 6.54 Å². The van der Waals surface area contributed by atoms with Crippen molar-refractivity contribution in [2.45, 2.75) is 33.4 Å². The summed E-state index contributed by atoms with van der Waals surface area (Å²) in [6.45, 7) is 6.26. The third-order valence-electron chi connectivity index (χ3n) is 2.96. The Morgan fingerprint density at radius 2 is 2.16 bits per heavy atom. The van der Waals surface area contributed by atoms with Crippen molar-refractivity contribution in [3.63, 3.8) is 0 Å². The summed E-state index contributed by atoms with van der Waals surface area (Å²) in [5.74, 6) is -0.181. The van der Waals surface area contributed by atoms with Crippen LogP contribution in [-0.4, -0.2) is 21.5 Å². The summed E-state index contributed by atoms with van der Waals surface area (Å²) in [5.41, 5.74) is 2.55. The normalized spacial score (nSPS) is 10.9. The molecule has 0 aliphatic carbocycles. The number of aromatic nitrogens is 3. The summed E-state index contributed by atoms with van der Waals surface area (Å²) in [6, 6.07) is 5.14. The molecule has 1 aromatic carbocycles. The highest BCUT2D eigenvalue weighted by Crippen LogP contribution is 2.21. The maximum absolute atomic E-state index is 13.7. The van der Waals surface area contributed by atoms with Crippen LogP contribution in [0.2, 0.25) is 0 Å². The number of nitrogens with one attached hydrogen (secondary N) is 1. The van der Waals surface area contributed by atoms with Crippen LogP contribution in [0.1, 0.15) is 25.8 Å². The Kier molecular flexibility index (Phi) is 4.63. The summed E-state index contributed by atoms with van der Waals surface area (Å²) >= 11 is 0. The van der Waals surface area contributed by atoms with Gasteiger partial charge in [0.15, 0.2) is 0 Å². The summed E-state index contributed by atoms with van der Waals surface area (Å²) in [6.07, 6.45) is 2.71. The lowest BCUT2D eigenvalue weighted by Gasteiger charge is -2.08. The molecule has 0 aliphatic heterocycles. The second-order valence-electron chi connectivity index (χ2n) is 4.43. The fraction of sp³-hybridized carbons (Fsp3) is 0.429. The first kappa shape index (κ1) is 13.7. The quantitative estimate of drug-likeness (QED) is 0.870. The third-order valence-corrected chi connectivity index (χ3v) is 2.96. The maximum Gasteiger partial charge on any atom is 0.127 e. The van der Waals surface area contributed by atoms with Crippen molar-refractivity contribution in [2.24, 2.45) is 0 Å². The van der Waals surface area contributed by atoms with Crippen molar-refractivity contribution in [1.29, 1.82) is 0 Å². The number of hydrogen-bond donors (Lipinski definition) is 1. The molecule has 0 spiro atoms. The zero-order valence-electron chi connectivity index (χ0n) is 11.4. The lowest BCUT2D eigenvalue weighted by atomic mass is 10.1. The predicted molar refractivity (Wildman–Crippen MR) is 73.1 cm³/mol. The highest BCUT2D eigenvalue weighted by Gasteiger charge is 2.09. The largest absolute Gasteiger partial charge is 0.313 e. The number of rotatable bonds is 6. The Labute approximate surface area is 112 Å². The van der Waals surface area contributed by atoms with Crippen LogP contribution in [0.5, 0.6) is 0 Å². The van der Waals surface area contributed by atoms with Gasteiger partial charge in [0.1, 0.15) is 5.82 Å². The molecule has 1 heterocycles. The van der Waals surface area contributed by atoms with E-state index < -0.39 is 0 Å². The van der Waals surface area contributed by atoms with Crippen molar-refractivity contribution in [3.8, 4) is 11.3 Å². The average Bonchev–Trinajstić information content (AvgIpc) is 2.87. The Balaban J connectivity index is 2.31. The van der Waals surface area contributed by atoms with Gasteiger partial charge >= 0.3 is 0 Å². The lowest BCUT2D eigenvalue weighted by Crippen LogP contribution is -2.13. The van der Waals surface area contributed by atoms with E-state index in [2.05, 4.69) is 22.6 Å². The second-order valence-corrected chi connectivity index (χ2v) is 4.43. The summed E-state index contributed by atoms with van der Waals surface area (Å²) in [5, 5.41) is 11.1. The molecule has 0 atom stereocenters. The van der Waals surface area contributed by atoms with Gasteiger partial charge in [0.25, 0.3) is 0 Å². The van der Waals surface area contributed by atoms with E-state index in [4.69, 9.17) is 0 Å². The topological polar surface area (TPSA) is 42.7 Å². The Morgan fingerprint density at radius 3 is 2.89 bits per heavy atom. The van der Waals surface area contributed by atoms with Crippen LogP contribution in [0.25, 0.3) is 11.3 Å². The van der Waals surface area contributed by atoms with E-state index >= 15 is 0 Å². The zero-order valence-corrected chi connectivity index (χ0v) is 11.4. The molecule has 0 amide bonds. The summed E-state index contributed by atoms with van der Waals surface area (Å²) in [7, 11) is 0. The zero-order chi connectivity index (χ0) is 13.7. The average molecular weight is 262 g/mol. The van der Waals surface area contributed by atoms with Gasteiger partial charge in [0.2, 0.25) is 0 Å². The maximum atomic E-state index is 13.7. The molecule has 2 aromatic rings. The summed E-state index contributed by atoms with van der Waals surface area (Å²) in [4.78, 5) is 0. The molecular weight excluding hydrogens is 243 g/mol. The van der Waals surface area contributed by atoms with Crippen LogP contribution in [-0.2, 0) is 13.1 Å². The van der Waals surface area contributed by atoms with Crippen LogP contribution >= 0.6 is 0 Å². The molecule has 0 radical (unpaired) electrons. The minimum Gasteiger partial charge on any atom is -0.313 e. The van der Waals surface area contributed by atoms with Gasteiger partial charge in [-0.15, -0.1) is 5.10 Å². The van der Waals surface area contributed by atoms with Gasteiger partial charge in [-0.05, 0) is 31.2 Å². The molecule has 0 bridgehead atoms.